The first-order chi connectivity index (χ1) is 11.7. The van der Waals surface area contributed by atoms with Gasteiger partial charge in [0.1, 0.15) is 5.82 Å². The molecule has 2 bridgehead atoms. The van der Waals surface area contributed by atoms with Crippen LogP contribution in [0.2, 0.25) is 0 Å². The molecule has 2 saturated carbocycles. The van der Waals surface area contributed by atoms with E-state index in [-0.39, 0.29) is 17.6 Å². The average molecular weight is 330 g/mol. The molecule has 3 unspecified atom stereocenters. The van der Waals surface area contributed by atoms with Crippen molar-refractivity contribution in [2.75, 3.05) is 13.1 Å². The zero-order valence-electron chi connectivity index (χ0n) is 14.2. The molecule has 1 amide bonds. The summed E-state index contributed by atoms with van der Waals surface area (Å²) in [5.41, 5.74) is 0.752. The molecule has 2 aliphatic carbocycles. The Morgan fingerprint density at radius 2 is 1.92 bits per heavy atom. The summed E-state index contributed by atoms with van der Waals surface area (Å²) in [4.78, 5) is 14.8. The zero-order chi connectivity index (χ0) is 16.5. The molecule has 130 valence electrons. The van der Waals surface area contributed by atoms with Crippen molar-refractivity contribution < 1.29 is 9.18 Å². The van der Waals surface area contributed by atoms with Crippen LogP contribution in [0.4, 0.5) is 4.39 Å². The number of piperidine rings is 1. The topological polar surface area (TPSA) is 32.3 Å². The van der Waals surface area contributed by atoms with Crippen LogP contribution in [-0.4, -0.2) is 29.9 Å². The summed E-state index contributed by atoms with van der Waals surface area (Å²) in [7, 11) is 0. The number of halogens is 1. The minimum atomic E-state index is -0.131. The second-order valence-corrected chi connectivity index (χ2v) is 7.93. The summed E-state index contributed by atoms with van der Waals surface area (Å²) in [6, 6.07) is 7.42. The molecule has 3 nitrogen and oxygen atoms in total. The lowest BCUT2D eigenvalue weighted by molar-refractivity contribution is -0.127. The normalized spacial score (nSPS) is 30.6. The Balaban J connectivity index is 1.25. The summed E-state index contributed by atoms with van der Waals surface area (Å²) in [5.74, 6) is 1.87. The van der Waals surface area contributed by atoms with Crippen molar-refractivity contribution in [3.8, 4) is 0 Å². The summed E-state index contributed by atoms with van der Waals surface area (Å²) >= 11 is 0. The maximum atomic E-state index is 13.8. The molecule has 1 aromatic rings. The standard InChI is InChI=1S/C20H27FN2O/c21-18-4-2-1-3-17(18)13-23-9-7-15(8-10-23)20(24)22-19-12-14-5-6-16(19)11-14/h1-4,14-16,19H,5-13H2,(H,22,24). The second-order valence-electron chi connectivity index (χ2n) is 7.93. The van der Waals surface area contributed by atoms with Crippen LogP contribution >= 0.6 is 0 Å². The third-order valence-electron chi connectivity index (χ3n) is 6.38. The Bertz CT molecular complexity index is 597. The molecule has 24 heavy (non-hydrogen) atoms. The molecule has 1 N–H and O–H groups in total. The van der Waals surface area contributed by atoms with E-state index in [1.807, 2.05) is 12.1 Å². The highest BCUT2D eigenvalue weighted by molar-refractivity contribution is 5.79. The lowest BCUT2D eigenvalue weighted by Gasteiger charge is -2.33. The number of benzene rings is 1. The molecular formula is C20H27FN2O. The van der Waals surface area contributed by atoms with Crippen molar-refractivity contribution in [1.82, 2.24) is 10.2 Å². The maximum Gasteiger partial charge on any atom is 0.223 e. The smallest absolute Gasteiger partial charge is 0.223 e. The van der Waals surface area contributed by atoms with Crippen LogP contribution in [0.5, 0.6) is 0 Å². The van der Waals surface area contributed by atoms with Crippen molar-refractivity contribution in [3.63, 3.8) is 0 Å². The number of carbonyl (C=O) groups is 1. The molecule has 0 radical (unpaired) electrons. The first-order valence-electron chi connectivity index (χ1n) is 9.45. The van der Waals surface area contributed by atoms with Gasteiger partial charge in [0.05, 0.1) is 0 Å². The number of likely N-dealkylation sites (tertiary alicyclic amines) is 1. The molecule has 3 fully saturated rings. The van der Waals surface area contributed by atoms with Crippen LogP contribution in [0.15, 0.2) is 24.3 Å². The largest absolute Gasteiger partial charge is 0.353 e. The van der Waals surface area contributed by atoms with Crippen molar-refractivity contribution in [2.45, 2.75) is 51.1 Å². The van der Waals surface area contributed by atoms with E-state index < -0.39 is 0 Å². The molecular weight excluding hydrogens is 303 g/mol. The van der Waals surface area contributed by atoms with E-state index in [9.17, 15) is 9.18 Å². The fourth-order valence-corrected chi connectivity index (χ4v) is 4.94. The maximum absolute atomic E-state index is 13.8. The van der Waals surface area contributed by atoms with Gasteiger partial charge in [-0.25, -0.2) is 4.39 Å². The number of fused-ring (bicyclic) bond motifs is 2. The Morgan fingerprint density at radius 3 is 2.58 bits per heavy atom. The number of rotatable bonds is 4. The van der Waals surface area contributed by atoms with Gasteiger partial charge in [-0.3, -0.25) is 9.69 Å². The third-order valence-corrected chi connectivity index (χ3v) is 6.38. The van der Waals surface area contributed by atoms with Gasteiger partial charge in [0.25, 0.3) is 0 Å². The number of amides is 1. The van der Waals surface area contributed by atoms with Crippen LogP contribution in [-0.2, 0) is 11.3 Å². The summed E-state index contributed by atoms with van der Waals surface area (Å²) in [6.07, 6.45) is 6.97. The predicted molar refractivity (Wildman–Crippen MR) is 91.8 cm³/mol. The van der Waals surface area contributed by atoms with Gasteiger partial charge in [-0.15, -0.1) is 0 Å². The van der Waals surface area contributed by atoms with E-state index in [1.165, 1.54) is 31.7 Å². The van der Waals surface area contributed by atoms with E-state index >= 15 is 0 Å². The molecule has 1 heterocycles. The van der Waals surface area contributed by atoms with Gasteiger partial charge in [0.2, 0.25) is 5.91 Å². The molecule has 3 atom stereocenters. The van der Waals surface area contributed by atoms with Crippen LogP contribution in [0.3, 0.4) is 0 Å². The van der Waals surface area contributed by atoms with Gasteiger partial charge >= 0.3 is 0 Å². The molecule has 1 saturated heterocycles. The van der Waals surface area contributed by atoms with E-state index in [0.29, 0.717) is 12.6 Å². The number of nitrogens with zero attached hydrogens (tertiary/aromatic N) is 1. The molecule has 1 aromatic carbocycles. The Hall–Kier alpha value is -1.42. The van der Waals surface area contributed by atoms with E-state index in [4.69, 9.17) is 0 Å². The summed E-state index contributed by atoms with van der Waals surface area (Å²) < 4.78 is 13.8. The van der Waals surface area contributed by atoms with Crippen molar-refractivity contribution in [2.24, 2.45) is 17.8 Å². The highest BCUT2D eigenvalue weighted by Crippen LogP contribution is 2.44. The lowest BCUT2D eigenvalue weighted by Crippen LogP contribution is -2.45. The van der Waals surface area contributed by atoms with Crippen molar-refractivity contribution >= 4 is 5.91 Å². The van der Waals surface area contributed by atoms with Crippen molar-refractivity contribution in [1.29, 1.82) is 0 Å². The van der Waals surface area contributed by atoms with Gasteiger partial charge < -0.3 is 5.32 Å². The van der Waals surface area contributed by atoms with Gasteiger partial charge in [0, 0.05) is 24.1 Å². The van der Waals surface area contributed by atoms with E-state index in [0.717, 1.165) is 43.3 Å². The first-order valence-corrected chi connectivity index (χ1v) is 9.45. The second kappa shape index (κ2) is 6.83. The van der Waals surface area contributed by atoms with Crippen LogP contribution in [0.25, 0.3) is 0 Å². The Kier molecular flexibility index (Phi) is 4.57. The minimum absolute atomic E-state index is 0.131. The van der Waals surface area contributed by atoms with Crippen molar-refractivity contribution in [3.05, 3.63) is 35.6 Å². The van der Waals surface area contributed by atoms with Crippen LogP contribution < -0.4 is 5.32 Å². The minimum Gasteiger partial charge on any atom is -0.353 e. The molecule has 4 rings (SSSR count). The quantitative estimate of drug-likeness (QED) is 0.918. The third kappa shape index (κ3) is 3.34. The highest BCUT2D eigenvalue weighted by atomic mass is 19.1. The SMILES string of the molecule is O=C(NC1CC2CCC1C2)C1CCN(Cc2ccccc2F)CC1. The number of nitrogens with one attached hydrogen (secondary N) is 1. The van der Waals surface area contributed by atoms with Gasteiger partial charge in [-0.1, -0.05) is 24.6 Å². The van der Waals surface area contributed by atoms with E-state index in [1.54, 1.807) is 6.07 Å². The van der Waals surface area contributed by atoms with Crippen LogP contribution in [0, 0.1) is 23.6 Å². The molecule has 0 spiro atoms. The first kappa shape index (κ1) is 16.1. The Morgan fingerprint density at radius 1 is 1.12 bits per heavy atom. The predicted octanol–water partition coefficient (Wildman–Crippen LogP) is 3.34. The molecule has 3 aliphatic rings. The summed E-state index contributed by atoms with van der Waals surface area (Å²) in [6.45, 7) is 2.40. The molecule has 1 aliphatic heterocycles. The Labute approximate surface area is 143 Å². The molecule has 4 heteroatoms. The van der Waals surface area contributed by atoms with Gasteiger partial charge in [0.15, 0.2) is 0 Å². The van der Waals surface area contributed by atoms with Gasteiger partial charge in [-0.2, -0.15) is 0 Å². The van der Waals surface area contributed by atoms with E-state index in [2.05, 4.69) is 10.2 Å². The number of carbonyl (C=O) groups excluding carboxylic acids is 1. The molecule has 0 aromatic heterocycles. The highest BCUT2D eigenvalue weighted by Gasteiger charge is 2.40. The zero-order valence-corrected chi connectivity index (χ0v) is 14.2. The fourth-order valence-electron chi connectivity index (χ4n) is 4.94. The van der Waals surface area contributed by atoms with Crippen LogP contribution in [0.1, 0.15) is 44.1 Å². The van der Waals surface area contributed by atoms with Gasteiger partial charge in [-0.05, 0) is 63.1 Å². The lowest BCUT2D eigenvalue weighted by atomic mass is 9.92. The average Bonchev–Trinajstić information content (AvgIpc) is 3.20. The monoisotopic (exact) mass is 330 g/mol. The number of hydrogen-bond donors (Lipinski definition) is 1. The summed E-state index contributed by atoms with van der Waals surface area (Å²) in [5, 5.41) is 3.34. The number of hydrogen-bond acceptors (Lipinski definition) is 2. The fraction of sp³-hybridized carbons (Fsp3) is 0.650.